The van der Waals surface area contributed by atoms with E-state index in [2.05, 4.69) is 24.3 Å². The first kappa shape index (κ1) is 22.8. The lowest BCUT2D eigenvalue weighted by molar-refractivity contribution is -0.131. The van der Waals surface area contributed by atoms with Gasteiger partial charge in [0.1, 0.15) is 5.82 Å². The molecule has 2 aliphatic carbocycles. The van der Waals surface area contributed by atoms with Crippen LogP contribution in [0.3, 0.4) is 0 Å². The van der Waals surface area contributed by atoms with Gasteiger partial charge in [-0.25, -0.2) is 9.18 Å². The molecule has 0 fully saturated rings. The molecule has 0 amide bonds. The Bertz CT molecular complexity index is 1340. The highest BCUT2D eigenvalue weighted by atomic mass is 19.1. The lowest BCUT2D eigenvalue weighted by Crippen LogP contribution is -2.11. The first-order valence-corrected chi connectivity index (χ1v) is 10.4. The zero-order valence-electron chi connectivity index (χ0n) is 18.8. The van der Waals surface area contributed by atoms with Crippen molar-refractivity contribution in [1.29, 1.82) is 0 Å². The van der Waals surface area contributed by atoms with Crippen LogP contribution >= 0.6 is 0 Å². The Kier molecular flexibility index (Phi) is 6.45. The van der Waals surface area contributed by atoms with Crippen LogP contribution in [0.1, 0.15) is 17.3 Å². The monoisotopic (exact) mass is 460 g/mol. The number of benzene rings is 4. The summed E-state index contributed by atoms with van der Waals surface area (Å²) in [4.78, 5) is 24.1. The smallest absolute Gasteiger partial charge is 0.343 e. The van der Waals surface area contributed by atoms with E-state index in [1.807, 2.05) is 0 Å². The van der Waals surface area contributed by atoms with E-state index in [-0.39, 0.29) is 28.6 Å². The number of esters is 2. The number of carbonyl (C=O) groups is 2. The zero-order valence-corrected chi connectivity index (χ0v) is 18.8. The molecule has 172 valence electrons. The van der Waals surface area contributed by atoms with Crippen molar-refractivity contribution in [2.45, 2.75) is 6.92 Å². The Morgan fingerprint density at radius 3 is 1.50 bits per heavy atom. The Morgan fingerprint density at radius 2 is 1.12 bits per heavy atom. The summed E-state index contributed by atoms with van der Waals surface area (Å²) < 4.78 is 34.8. The lowest BCUT2D eigenvalue weighted by Gasteiger charge is -2.19. The number of carbonyl (C=O) groups excluding carboxylic acids is 2. The van der Waals surface area contributed by atoms with E-state index in [0.717, 1.165) is 12.1 Å². The molecule has 2 aliphatic rings. The summed E-state index contributed by atoms with van der Waals surface area (Å²) in [7, 11) is 2.75. The number of methoxy groups -OCH3 is 2. The summed E-state index contributed by atoms with van der Waals surface area (Å²) in [6, 6.07) is 20.3. The van der Waals surface area contributed by atoms with Crippen molar-refractivity contribution in [3.8, 4) is 34.1 Å². The molecule has 0 heterocycles. The molecule has 0 atom stereocenters. The van der Waals surface area contributed by atoms with Crippen molar-refractivity contribution in [2.24, 2.45) is 0 Å². The normalized spacial score (nSPS) is 10.6. The van der Waals surface area contributed by atoms with Gasteiger partial charge in [-0.3, -0.25) is 4.79 Å². The van der Waals surface area contributed by atoms with Gasteiger partial charge in [0.25, 0.3) is 0 Å². The second-order valence-corrected chi connectivity index (χ2v) is 7.34. The molecule has 34 heavy (non-hydrogen) atoms. The largest absolute Gasteiger partial charge is 0.490 e. The maximum atomic E-state index is 13.1. The molecule has 0 aliphatic heterocycles. The predicted octanol–water partition coefficient (Wildman–Crippen LogP) is 5.81. The van der Waals surface area contributed by atoms with E-state index >= 15 is 0 Å². The molecule has 0 N–H and O–H groups in total. The minimum Gasteiger partial charge on any atom is -0.490 e. The number of fused-ring (bicyclic) bond motifs is 2. The number of hydrogen-bond donors (Lipinski definition) is 0. The number of hydrogen-bond acceptors (Lipinski definition) is 6. The summed E-state index contributed by atoms with van der Waals surface area (Å²) in [5, 5.41) is 0.976. The third-order valence-electron chi connectivity index (χ3n) is 5.18. The van der Waals surface area contributed by atoms with Crippen molar-refractivity contribution in [3.05, 3.63) is 84.2 Å². The highest BCUT2D eigenvalue weighted by Gasteiger charge is 2.26. The molecule has 7 heteroatoms. The molecular weight excluding hydrogens is 439 g/mol. The number of ether oxygens (including phenoxy) is 4. The van der Waals surface area contributed by atoms with E-state index in [0.29, 0.717) is 10.8 Å². The zero-order chi connectivity index (χ0) is 24.2. The average molecular weight is 460 g/mol. The summed E-state index contributed by atoms with van der Waals surface area (Å²) >= 11 is 0. The second-order valence-electron chi connectivity index (χ2n) is 7.34. The van der Waals surface area contributed by atoms with Crippen LogP contribution in [0.5, 0.6) is 23.0 Å². The Balaban J connectivity index is 0.000000388. The number of rotatable bonds is 5. The van der Waals surface area contributed by atoms with Gasteiger partial charge in [-0.2, -0.15) is 0 Å². The van der Waals surface area contributed by atoms with Gasteiger partial charge in [-0.1, -0.05) is 48.5 Å². The lowest BCUT2D eigenvalue weighted by atomic mass is 9.95. The molecule has 0 bridgehead atoms. The second kappa shape index (κ2) is 9.62. The van der Waals surface area contributed by atoms with Crippen molar-refractivity contribution in [3.63, 3.8) is 0 Å². The highest BCUT2D eigenvalue weighted by molar-refractivity contribution is 6.02. The minimum atomic E-state index is -0.703. The summed E-state index contributed by atoms with van der Waals surface area (Å²) in [6.07, 6.45) is 0. The molecule has 6 nitrogen and oxygen atoms in total. The SMILES string of the molecule is COc1c(OC)c(OC(=O)c2ccc(F)cc2)c2ccccc2c1OC(C)=O.c1cc2ccc1-2. The maximum absolute atomic E-state index is 13.1. The van der Waals surface area contributed by atoms with Crippen LogP contribution in [-0.4, -0.2) is 26.2 Å². The van der Waals surface area contributed by atoms with Crippen molar-refractivity contribution >= 4 is 22.7 Å². The van der Waals surface area contributed by atoms with E-state index in [4.69, 9.17) is 18.9 Å². The molecule has 0 saturated heterocycles. The Hall–Kier alpha value is -4.39. The predicted molar refractivity (Wildman–Crippen MR) is 125 cm³/mol. The van der Waals surface area contributed by atoms with Crippen LogP contribution in [0.25, 0.3) is 21.9 Å². The fourth-order valence-electron chi connectivity index (χ4n) is 3.45. The third-order valence-corrected chi connectivity index (χ3v) is 5.18. The van der Waals surface area contributed by atoms with Crippen LogP contribution in [0, 0.1) is 5.82 Å². The van der Waals surface area contributed by atoms with Gasteiger partial charge in [-0.05, 0) is 35.4 Å². The molecule has 3 aromatic rings. The van der Waals surface area contributed by atoms with Crippen LogP contribution in [0.4, 0.5) is 4.39 Å². The number of halogens is 1. The molecule has 5 rings (SSSR count). The quantitative estimate of drug-likeness (QED) is 0.244. The first-order valence-electron chi connectivity index (χ1n) is 10.4. The van der Waals surface area contributed by atoms with E-state index < -0.39 is 17.8 Å². The van der Waals surface area contributed by atoms with Gasteiger partial charge in [-0.15, -0.1) is 0 Å². The fourth-order valence-corrected chi connectivity index (χ4v) is 3.45. The molecule has 0 radical (unpaired) electrons. The molecule has 0 spiro atoms. The molecular formula is C27H21FO6. The third kappa shape index (κ3) is 4.41. The minimum absolute atomic E-state index is 0.0907. The molecule has 0 saturated carbocycles. The van der Waals surface area contributed by atoms with Crippen molar-refractivity contribution in [1.82, 2.24) is 0 Å². The van der Waals surface area contributed by atoms with E-state index in [1.54, 1.807) is 24.3 Å². The highest BCUT2D eigenvalue weighted by Crippen LogP contribution is 2.51. The van der Waals surface area contributed by atoms with E-state index in [9.17, 15) is 14.0 Å². The van der Waals surface area contributed by atoms with Gasteiger partial charge >= 0.3 is 11.9 Å². The van der Waals surface area contributed by atoms with Gasteiger partial charge in [0.2, 0.25) is 11.5 Å². The average Bonchev–Trinajstić information content (AvgIpc) is 2.82. The van der Waals surface area contributed by atoms with Crippen LogP contribution in [-0.2, 0) is 4.79 Å². The summed E-state index contributed by atoms with van der Waals surface area (Å²) in [6.45, 7) is 1.27. The molecule has 3 aromatic carbocycles. The Morgan fingerprint density at radius 1 is 0.647 bits per heavy atom. The maximum Gasteiger partial charge on any atom is 0.343 e. The van der Waals surface area contributed by atoms with Crippen molar-refractivity contribution in [2.75, 3.05) is 14.2 Å². The van der Waals surface area contributed by atoms with Gasteiger partial charge < -0.3 is 18.9 Å². The molecule has 0 unspecified atom stereocenters. The topological polar surface area (TPSA) is 71.1 Å². The summed E-state index contributed by atoms with van der Waals surface area (Å²) in [5.41, 5.74) is 3.01. The van der Waals surface area contributed by atoms with Crippen LogP contribution in [0.15, 0.2) is 72.8 Å². The fraction of sp³-hybridized carbons (Fsp3) is 0.111. The van der Waals surface area contributed by atoms with Gasteiger partial charge in [0.05, 0.1) is 19.8 Å². The Labute approximate surface area is 195 Å². The van der Waals surface area contributed by atoms with Gasteiger partial charge in [0, 0.05) is 17.7 Å². The standard InChI is InChI=1S/C21H17FO6.C6H4/c1-12(23)27-17-15-6-4-5-7-16(15)18(20(26-3)19(17)25-2)28-21(24)13-8-10-14(22)11-9-13;1-2-6-4-3-5(1)6/h4-11H,1-3H3;1-4H. The van der Waals surface area contributed by atoms with E-state index in [1.165, 1.54) is 44.4 Å². The summed E-state index contributed by atoms with van der Waals surface area (Å²) in [5.74, 6) is -1.25. The van der Waals surface area contributed by atoms with Gasteiger partial charge in [0.15, 0.2) is 11.5 Å². The van der Waals surface area contributed by atoms with Crippen molar-refractivity contribution < 1.29 is 32.9 Å². The first-order chi connectivity index (χ1) is 16.4. The van der Waals surface area contributed by atoms with Crippen LogP contribution in [0.2, 0.25) is 0 Å². The molecule has 0 aromatic heterocycles. The van der Waals surface area contributed by atoms with Crippen LogP contribution < -0.4 is 18.9 Å².